The van der Waals surface area contributed by atoms with E-state index in [1.165, 1.54) is 4.88 Å². The van der Waals surface area contributed by atoms with Crippen molar-refractivity contribution in [1.82, 2.24) is 19.8 Å². The standard InChI is InChI=1S/C15H21N5OS/c1-3-19-4-6-20(7-5-19)13(21)9-16-14-12-8-11(2)22-15(12)18-10-17-14/h8,10H,3-7,9H2,1-2H3,(H,16,17,18). The molecule has 0 spiro atoms. The maximum atomic E-state index is 12.3. The van der Waals surface area contributed by atoms with Gasteiger partial charge in [-0.2, -0.15) is 0 Å². The number of anilines is 1. The summed E-state index contributed by atoms with van der Waals surface area (Å²) in [5, 5.41) is 4.17. The van der Waals surface area contributed by atoms with Gasteiger partial charge in [0.05, 0.1) is 11.9 Å². The zero-order chi connectivity index (χ0) is 15.5. The number of likely N-dealkylation sites (N-methyl/N-ethyl adjacent to an activating group) is 1. The summed E-state index contributed by atoms with van der Waals surface area (Å²) in [5.74, 6) is 0.879. The van der Waals surface area contributed by atoms with Crippen molar-refractivity contribution in [2.24, 2.45) is 0 Å². The maximum absolute atomic E-state index is 12.3. The maximum Gasteiger partial charge on any atom is 0.242 e. The van der Waals surface area contributed by atoms with E-state index in [1.807, 2.05) is 4.90 Å². The number of nitrogens with zero attached hydrogens (tertiary/aromatic N) is 4. The molecule has 2 aromatic heterocycles. The topological polar surface area (TPSA) is 61.4 Å². The van der Waals surface area contributed by atoms with E-state index >= 15 is 0 Å². The van der Waals surface area contributed by atoms with Gasteiger partial charge in [-0.25, -0.2) is 9.97 Å². The van der Waals surface area contributed by atoms with Crippen molar-refractivity contribution in [3.63, 3.8) is 0 Å². The van der Waals surface area contributed by atoms with Crippen molar-refractivity contribution in [2.75, 3.05) is 44.6 Å². The average Bonchev–Trinajstić information content (AvgIpc) is 2.93. The Bertz CT molecular complexity index is 663. The van der Waals surface area contributed by atoms with Gasteiger partial charge in [-0.05, 0) is 19.5 Å². The molecule has 1 amide bonds. The Kier molecular flexibility index (Phi) is 4.54. The van der Waals surface area contributed by atoms with Gasteiger partial charge in [0.1, 0.15) is 17.0 Å². The lowest BCUT2D eigenvalue weighted by atomic mass is 10.3. The summed E-state index contributed by atoms with van der Waals surface area (Å²) in [7, 11) is 0. The number of aromatic nitrogens is 2. The van der Waals surface area contributed by atoms with Gasteiger partial charge in [-0.3, -0.25) is 4.79 Å². The Hall–Kier alpha value is -1.73. The van der Waals surface area contributed by atoms with Gasteiger partial charge in [0.2, 0.25) is 5.91 Å². The second kappa shape index (κ2) is 6.58. The number of hydrogen-bond acceptors (Lipinski definition) is 6. The third-order valence-corrected chi connectivity index (χ3v) is 4.99. The van der Waals surface area contributed by atoms with Crippen LogP contribution in [0.2, 0.25) is 0 Å². The molecule has 0 atom stereocenters. The minimum atomic E-state index is 0.134. The first-order chi connectivity index (χ1) is 10.7. The number of amides is 1. The summed E-state index contributed by atoms with van der Waals surface area (Å²) in [6, 6.07) is 2.06. The fraction of sp³-hybridized carbons (Fsp3) is 0.533. The van der Waals surface area contributed by atoms with Crippen LogP contribution in [0.4, 0.5) is 5.82 Å². The van der Waals surface area contributed by atoms with Crippen LogP contribution in [0.5, 0.6) is 0 Å². The first-order valence-corrected chi connectivity index (χ1v) is 8.44. The van der Waals surface area contributed by atoms with E-state index in [0.29, 0.717) is 0 Å². The third kappa shape index (κ3) is 3.20. The van der Waals surface area contributed by atoms with Crippen LogP contribution in [0, 0.1) is 6.92 Å². The molecule has 2 aromatic rings. The lowest BCUT2D eigenvalue weighted by Crippen LogP contribution is -2.49. The van der Waals surface area contributed by atoms with Crippen LogP contribution in [0.3, 0.4) is 0 Å². The molecule has 1 aliphatic heterocycles. The molecule has 0 saturated carbocycles. The number of fused-ring (bicyclic) bond motifs is 1. The molecule has 6 nitrogen and oxygen atoms in total. The Morgan fingerprint density at radius 1 is 1.32 bits per heavy atom. The molecule has 1 N–H and O–H groups in total. The zero-order valence-corrected chi connectivity index (χ0v) is 13.8. The van der Waals surface area contributed by atoms with Crippen LogP contribution in [0.25, 0.3) is 10.2 Å². The summed E-state index contributed by atoms with van der Waals surface area (Å²) in [6.45, 7) is 9.09. The zero-order valence-electron chi connectivity index (χ0n) is 13.0. The quantitative estimate of drug-likeness (QED) is 0.927. The SMILES string of the molecule is CCN1CCN(C(=O)CNc2ncnc3sc(C)cc23)CC1. The van der Waals surface area contributed by atoms with Crippen molar-refractivity contribution < 1.29 is 4.79 Å². The van der Waals surface area contributed by atoms with Gasteiger partial charge in [0, 0.05) is 31.1 Å². The number of carbonyl (C=O) groups is 1. The molecular formula is C15H21N5OS. The summed E-state index contributed by atoms with van der Waals surface area (Å²) in [4.78, 5) is 27.3. The molecule has 0 bridgehead atoms. The highest BCUT2D eigenvalue weighted by atomic mass is 32.1. The monoisotopic (exact) mass is 319 g/mol. The number of piperazine rings is 1. The minimum absolute atomic E-state index is 0.134. The molecule has 1 aliphatic rings. The van der Waals surface area contributed by atoms with Crippen molar-refractivity contribution in [2.45, 2.75) is 13.8 Å². The fourth-order valence-corrected chi connectivity index (χ4v) is 3.55. The van der Waals surface area contributed by atoms with E-state index in [-0.39, 0.29) is 12.5 Å². The highest BCUT2D eigenvalue weighted by molar-refractivity contribution is 7.18. The van der Waals surface area contributed by atoms with Gasteiger partial charge in [-0.1, -0.05) is 6.92 Å². The summed E-state index contributed by atoms with van der Waals surface area (Å²) >= 11 is 1.64. The molecule has 0 aromatic carbocycles. The molecule has 3 heterocycles. The lowest BCUT2D eigenvalue weighted by molar-refractivity contribution is -0.131. The predicted octanol–water partition coefficient (Wildman–Crippen LogP) is 1.58. The average molecular weight is 319 g/mol. The summed E-state index contributed by atoms with van der Waals surface area (Å²) in [5.41, 5.74) is 0. The fourth-order valence-electron chi connectivity index (χ4n) is 2.70. The van der Waals surface area contributed by atoms with Crippen LogP contribution in [0.1, 0.15) is 11.8 Å². The molecule has 0 radical (unpaired) electrons. The Morgan fingerprint density at radius 3 is 2.82 bits per heavy atom. The molecule has 0 unspecified atom stereocenters. The van der Waals surface area contributed by atoms with Gasteiger partial charge in [0.15, 0.2) is 0 Å². The minimum Gasteiger partial charge on any atom is -0.360 e. The first-order valence-electron chi connectivity index (χ1n) is 7.62. The number of nitrogens with one attached hydrogen (secondary N) is 1. The summed E-state index contributed by atoms with van der Waals surface area (Å²) < 4.78 is 0. The van der Waals surface area contributed by atoms with Crippen molar-refractivity contribution >= 4 is 33.3 Å². The number of aryl methyl sites for hydroxylation is 1. The molecule has 0 aliphatic carbocycles. The number of hydrogen-bond donors (Lipinski definition) is 1. The highest BCUT2D eigenvalue weighted by Gasteiger charge is 2.20. The molecule has 1 fully saturated rings. The van der Waals surface area contributed by atoms with Gasteiger partial charge >= 0.3 is 0 Å². The third-order valence-electron chi connectivity index (χ3n) is 4.03. The number of thiophene rings is 1. The van der Waals surface area contributed by atoms with E-state index in [4.69, 9.17) is 0 Å². The van der Waals surface area contributed by atoms with Crippen LogP contribution in [0.15, 0.2) is 12.4 Å². The molecule has 7 heteroatoms. The number of rotatable bonds is 4. The largest absolute Gasteiger partial charge is 0.360 e. The van der Waals surface area contributed by atoms with E-state index in [9.17, 15) is 4.79 Å². The van der Waals surface area contributed by atoms with Crippen LogP contribution >= 0.6 is 11.3 Å². The molecule has 118 valence electrons. The second-order valence-corrected chi connectivity index (χ2v) is 6.70. The lowest BCUT2D eigenvalue weighted by Gasteiger charge is -2.34. The summed E-state index contributed by atoms with van der Waals surface area (Å²) in [6.07, 6.45) is 1.55. The molecule has 1 saturated heterocycles. The molecular weight excluding hydrogens is 298 g/mol. The highest BCUT2D eigenvalue weighted by Crippen LogP contribution is 2.27. The number of carbonyl (C=O) groups excluding carboxylic acids is 1. The van der Waals surface area contributed by atoms with Gasteiger partial charge < -0.3 is 15.1 Å². The van der Waals surface area contributed by atoms with Crippen LogP contribution in [-0.2, 0) is 4.79 Å². The Balaban J connectivity index is 1.61. The van der Waals surface area contributed by atoms with Gasteiger partial charge in [0.25, 0.3) is 0 Å². The Morgan fingerprint density at radius 2 is 2.09 bits per heavy atom. The van der Waals surface area contributed by atoms with Gasteiger partial charge in [-0.15, -0.1) is 11.3 Å². The van der Waals surface area contributed by atoms with E-state index in [0.717, 1.165) is 48.8 Å². The molecule has 3 rings (SSSR count). The first kappa shape index (κ1) is 15.2. The van der Waals surface area contributed by atoms with Crippen LogP contribution < -0.4 is 5.32 Å². The van der Waals surface area contributed by atoms with E-state index in [2.05, 4.69) is 40.1 Å². The smallest absolute Gasteiger partial charge is 0.242 e. The van der Waals surface area contributed by atoms with Crippen LogP contribution in [-0.4, -0.2) is 64.9 Å². The van der Waals surface area contributed by atoms with E-state index < -0.39 is 0 Å². The van der Waals surface area contributed by atoms with Crippen molar-refractivity contribution in [3.05, 3.63) is 17.3 Å². The van der Waals surface area contributed by atoms with E-state index in [1.54, 1.807) is 17.7 Å². The second-order valence-electron chi connectivity index (χ2n) is 5.47. The van der Waals surface area contributed by atoms with Crippen molar-refractivity contribution in [3.8, 4) is 0 Å². The normalized spacial score (nSPS) is 16.2. The van der Waals surface area contributed by atoms with Crippen molar-refractivity contribution in [1.29, 1.82) is 0 Å². The Labute approximate surface area is 134 Å². The predicted molar refractivity (Wildman–Crippen MR) is 89.3 cm³/mol. The molecule has 22 heavy (non-hydrogen) atoms.